The van der Waals surface area contributed by atoms with Crippen molar-refractivity contribution < 1.29 is 29.4 Å². The van der Waals surface area contributed by atoms with Crippen LogP contribution in [-0.2, 0) is 19.2 Å². The van der Waals surface area contributed by atoms with Crippen molar-refractivity contribution in [1.29, 1.82) is 0 Å². The van der Waals surface area contributed by atoms with Crippen molar-refractivity contribution in [2.75, 3.05) is 19.7 Å². The van der Waals surface area contributed by atoms with Gasteiger partial charge in [0.25, 0.3) is 0 Å². The lowest BCUT2D eigenvalue weighted by molar-refractivity contribution is -0.143. The standard InChI is InChI=1S/C20H40N6O6/c1-12(2)16(20(31)32)26-18(29)14(8-4-6-10-22)24-19(30)15(11-27)25-17(28)13(23)7-3-5-9-21/h12-16,27H,3-11,21-23H2,1-2H3,(H,24,30)(H,25,28)(H,26,29)(H,31,32). The number of amides is 3. The topological polar surface area (TPSA) is 223 Å². The Morgan fingerprint density at radius 1 is 0.781 bits per heavy atom. The number of aliphatic carboxylic acids is 1. The van der Waals surface area contributed by atoms with Crippen molar-refractivity contribution in [3.63, 3.8) is 0 Å². The molecule has 0 rings (SSSR count). The van der Waals surface area contributed by atoms with Gasteiger partial charge >= 0.3 is 5.97 Å². The molecular weight excluding hydrogens is 420 g/mol. The Kier molecular flexibility index (Phi) is 15.2. The third-order valence-corrected chi connectivity index (χ3v) is 4.93. The van der Waals surface area contributed by atoms with Gasteiger partial charge in [-0.2, -0.15) is 0 Å². The maximum atomic E-state index is 12.7. The summed E-state index contributed by atoms with van der Waals surface area (Å²) in [5, 5.41) is 26.2. The fourth-order valence-corrected chi connectivity index (χ4v) is 2.91. The number of carbonyl (C=O) groups excluding carboxylic acids is 3. The first kappa shape index (κ1) is 29.7. The van der Waals surface area contributed by atoms with E-state index in [1.54, 1.807) is 13.8 Å². The number of carbonyl (C=O) groups is 4. The molecule has 0 aliphatic carbocycles. The number of unbranched alkanes of at least 4 members (excludes halogenated alkanes) is 2. The van der Waals surface area contributed by atoms with Crippen LogP contribution in [0.1, 0.15) is 52.4 Å². The predicted molar refractivity (Wildman–Crippen MR) is 119 cm³/mol. The summed E-state index contributed by atoms with van der Waals surface area (Å²) in [6.07, 6.45) is 3.05. The van der Waals surface area contributed by atoms with Gasteiger partial charge in [0.05, 0.1) is 12.6 Å². The lowest BCUT2D eigenvalue weighted by Crippen LogP contribution is -2.58. The van der Waals surface area contributed by atoms with Crippen molar-refractivity contribution in [1.82, 2.24) is 16.0 Å². The third kappa shape index (κ3) is 11.4. The van der Waals surface area contributed by atoms with Crippen LogP contribution < -0.4 is 33.2 Å². The molecule has 0 aliphatic heterocycles. The quantitative estimate of drug-likeness (QED) is 0.110. The first-order valence-electron chi connectivity index (χ1n) is 11.0. The van der Waals surface area contributed by atoms with E-state index in [-0.39, 0.29) is 12.3 Å². The van der Waals surface area contributed by atoms with Crippen LogP contribution in [0.15, 0.2) is 0 Å². The fourth-order valence-electron chi connectivity index (χ4n) is 2.91. The second-order valence-corrected chi connectivity index (χ2v) is 8.05. The molecule has 0 bridgehead atoms. The molecule has 0 aromatic rings. The first-order valence-corrected chi connectivity index (χ1v) is 11.0. The summed E-state index contributed by atoms with van der Waals surface area (Å²) in [5.41, 5.74) is 16.7. The van der Waals surface area contributed by atoms with Crippen LogP contribution in [-0.4, -0.2) is 77.8 Å². The Balaban J connectivity index is 5.16. The molecule has 0 radical (unpaired) electrons. The first-order chi connectivity index (χ1) is 15.1. The molecule has 4 atom stereocenters. The Morgan fingerprint density at radius 3 is 1.75 bits per heavy atom. The number of hydrogen-bond acceptors (Lipinski definition) is 8. The average molecular weight is 461 g/mol. The van der Waals surface area contributed by atoms with Gasteiger partial charge in [-0.3, -0.25) is 14.4 Å². The Morgan fingerprint density at radius 2 is 1.28 bits per heavy atom. The van der Waals surface area contributed by atoms with Crippen LogP contribution in [0.5, 0.6) is 0 Å². The molecule has 11 N–H and O–H groups in total. The molecule has 3 amide bonds. The summed E-state index contributed by atoms with van der Waals surface area (Å²) < 4.78 is 0. The van der Waals surface area contributed by atoms with Gasteiger partial charge in [0.2, 0.25) is 17.7 Å². The van der Waals surface area contributed by atoms with E-state index in [0.717, 1.165) is 0 Å². The van der Waals surface area contributed by atoms with Crippen LogP contribution in [0, 0.1) is 5.92 Å². The summed E-state index contributed by atoms with van der Waals surface area (Å²) >= 11 is 0. The normalized spacial score (nSPS) is 14.8. The SMILES string of the molecule is CC(C)C(NC(=O)C(CCCCN)NC(=O)C(CO)NC(=O)C(N)CCCCN)C(=O)O. The number of aliphatic hydroxyl groups is 1. The van der Waals surface area contributed by atoms with Gasteiger partial charge in [0.15, 0.2) is 0 Å². The smallest absolute Gasteiger partial charge is 0.326 e. The minimum atomic E-state index is -1.31. The number of nitrogens with two attached hydrogens (primary N) is 3. The summed E-state index contributed by atoms with van der Waals surface area (Å²) in [7, 11) is 0. The molecule has 12 heteroatoms. The molecular formula is C20H40N6O6. The molecule has 0 aromatic carbocycles. The highest BCUT2D eigenvalue weighted by Gasteiger charge is 2.30. The molecule has 32 heavy (non-hydrogen) atoms. The van der Waals surface area contributed by atoms with Gasteiger partial charge < -0.3 is 43.4 Å². The predicted octanol–water partition coefficient (Wildman–Crippen LogP) is -2.24. The summed E-state index contributed by atoms with van der Waals surface area (Å²) in [5.74, 6) is -3.62. The zero-order chi connectivity index (χ0) is 24.7. The number of hydrogen-bond donors (Lipinski definition) is 8. The van der Waals surface area contributed by atoms with Gasteiger partial charge in [-0.05, 0) is 51.1 Å². The average Bonchev–Trinajstić information content (AvgIpc) is 2.74. The molecule has 0 aromatic heterocycles. The van der Waals surface area contributed by atoms with Crippen LogP contribution in [0.4, 0.5) is 0 Å². The van der Waals surface area contributed by atoms with Gasteiger partial charge in [0, 0.05) is 0 Å². The second kappa shape index (κ2) is 16.4. The molecule has 186 valence electrons. The number of carboxylic acids is 1. The van der Waals surface area contributed by atoms with Crippen LogP contribution in [0.3, 0.4) is 0 Å². The largest absolute Gasteiger partial charge is 0.480 e. The zero-order valence-corrected chi connectivity index (χ0v) is 19.0. The molecule has 4 unspecified atom stereocenters. The molecule has 0 aliphatic rings. The van der Waals surface area contributed by atoms with Crippen molar-refractivity contribution in [2.24, 2.45) is 23.1 Å². The molecule has 12 nitrogen and oxygen atoms in total. The van der Waals surface area contributed by atoms with Crippen LogP contribution in [0.25, 0.3) is 0 Å². The Bertz CT molecular complexity index is 603. The summed E-state index contributed by atoms with van der Waals surface area (Å²) in [6, 6.07) is -4.36. The van der Waals surface area contributed by atoms with E-state index >= 15 is 0 Å². The highest BCUT2D eigenvalue weighted by atomic mass is 16.4. The maximum Gasteiger partial charge on any atom is 0.326 e. The Hall–Kier alpha value is -2.28. The van der Waals surface area contributed by atoms with E-state index in [4.69, 9.17) is 17.2 Å². The van der Waals surface area contributed by atoms with Gasteiger partial charge in [0.1, 0.15) is 18.1 Å². The second-order valence-electron chi connectivity index (χ2n) is 8.05. The van der Waals surface area contributed by atoms with Gasteiger partial charge in [-0.15, -0.1) is 0 Å². The van der Waals surface area contributed by atoms with Gasteiger partial charge in [-0.1, -0.05) is 20.3 Å². The van der Waals surface area contributed by atoms with Crippen molar-refractivity contribution in [3.05, 3.63) is 0 Å². The van der Waals surface area contributed by atoms with Gasteiger partial charge in [-0.25, -0.2) is 4.79 Å². The molecule has 0 heterocycles. The summed E-state index contributed by atoms with van der Waals surface area (Å²) in [4.78, 5) is 48.9. The van der Waals surface area contributed by atoms with E-state index in [9.17, 15) is 29.4 Å². The molecule has 0 fully saturated rings. The van der Waals surface area contributed by atoms with Crippen molar-refractivity contribution in [3.8, 4) is 0 Å². The zero-order valence-electron chi connectivity index (χ0n) is 19.0. The summed E-state index contributed by atoms with van der Waals surface area (Å²) in [6.45, 7) is 3.46. The number of nitrogens with one attached hydrogen (secondary N) is 3. The van der Waals surface area contributed by atoms with E-state index in [0.29, 0.717) is 45.2 Å². The van der Waals surface area contributed by atoms with E-state index in [2.05, 4.69) is 16.0 Å². The Labute approximate surface area is 189 Å². The highest BCUT2D eigenvalue weighted by molar-refractivity contribution is 5.94. The minimum Gasteiger partial charge on any atom is -0.480 e. The van der Waals surface area contributed by atoms with E-state index in [1.165, 1.54) is 0 Å². The highest BCUT2D eigenvalue weighted by Crippen LogP contribution is 2.06. The molecule has 0 spiro atoms. The molecule has 0 saturated heterocycles. The van der Waals surface area contributed by atoms with E-state index < -0.39 is 54.5 Å². The minimum absolute atomic E-state index is 0.212. The monoisotopic (exact) mass is 460 g/mol. The maximum absolute atomic E-state index is 12.7. The number of aliphatic hydroxyl groups excluding tert-OH is 1. The number of rotatable bonds is 17. The van der Waals surface area contributed by atoms with Crippen LogP contribution in [0.2, 0.25) is 0 Å². The molecule has 0 saturated carbocycles. The van der Waals surface area contributed by atoms with E-state index in [1.807, 2.05) is 0 Å². The fraction of sp³-hybridized carbons (Fsp3) is 0.800. The third-order valence-electron chi connectivity index (χ3n) is 4.93. The van der Waals surface area contributed by atoms with Crippen molar-refractivity contribution >= 4 is 23.7 Å². The van der Waals surface area contributed by atoms with Crippen LogP contribution >= 0.6 is 0 Å². The van der Waals surface area contributed by atoms with Crippen molar-refractivity contribution in [2.45, 2.75) is 76.5 Å². The lowest BCUT2D eigenvalue weighted by Gasteiger charge is -2.25. The number of carboxylic acid groups (broad SMARTS) is 1. The lowest BCUT2D eigenvalue weighted by atomic mass is 10.0.